The molecule has 1 fully saturated rings. The molecular formula is C46H50B2N10O8. The van der Waals surface area contributed by atoms with E-state index >= 15 is 0 Å². The van der Waals surface area contributed by atoms with Gasteiger partial charge in [0.1, 0.15) is 23.7 Å². The predicted octanol–water partition coefficient (Wildman–Crippen LogP) is 2.14. The van der Waals surface area contributed by atoms with Gasteiger partial charge in [0.25, 0.3) is 11.8 Å². The van der Waals surface area contributed by atoms with Crippen molar-refractivity contribution in [2.24, 2.45) is 0 Å². The largest absolute Gasteiger partial charge is 0.494 e. The van der Waals surface area contributed by atoms with Crippen LogP contribution >= 0.6 is 0 Å². The first kappa shape index (κ1) is 45.6. The van der Waals surface area contributed by atoms with Gasteiger partial charge in [0.2, 0.25) is 23.5 Å². The van der Waals surface area contributed by atoms with Crippen LogP contribution in [0.2, 0.25) is 0 Å². The van der Waals surface area contributed by atoms with E-state index in [1.54, 1.807) is 12.1 Å². The van der Waals surface area contributed by atoms with Gasteiger partial charge in [-0.1, -0.05) is 84.9 Å². The van der Waals surface area contributed by atoms with Crippen LogP contribution in [0.1, 0.15) is 95.7 Å². The molecule has 4 amide bonds. The van der Waals surface area contributed by atoms with Crippen LogP contribution in [0.4, 0.5) is 11.4 Å². The predicted molar refractivity (Wildman–Crippen MR) is 246 cm³/mol. The number of nitrogens with zero attached hydrogens (tertiary/aromatic N) is 4. The van der Waals surface area contributed by atoms with Crippen molar-refractivity contribution in [2.45, 2.75) is 89.5 Å². The van der Waals surface area contributed by atoms with Crippen LogP contribution in [0.3, 0.4) is 0 Å². The van der Waals surface area contributed by atoms with Gasteiger partial charge >= 0.3 is 14.2 Å². The molecule has 0 bridgehead atoms. The fourth-order valence-corrected chi connectivity index (χ4v) is 7.72. The number of aryl methyl sites for hydroxylation is 2. The molecule has 6 aromatic rings. The molecule has 0 spiro atoms. The molecule has 1 saturated heterocycles. The van der Waals surface area contributed by atoms with E-state index in [0.29, 0.717) is 61.3 Å². The quantitative estimate of drug-likeness (QED) is 0.0921. The molecular weight excluding hydrogens is 842 g/mol. The summed E-state index contributed by atoms with van der Waals surface area (Å²) >= 11 is 0. The molecule has 20 heteroatoms. The summed E-state index contributed by atoms with van der Waals surface area (Å²) in [5.41, 5.74) is 5.52. The zero-order chi connectivity index (χ0) is 46.6. The van der Waals surface area contributed by atoms with Crippen LogP contribution in [0, 0.1) is 0 Å². The minimum atomic E-state index is -1.58. The lowest BCUT2D eigenvalue weighted by atomic mass is 9.78. The number of amides is 4. The number of rotatable bonds is 10. The first-order valence-electron chi connectivity index (χ1n) is 21.7. The van der Waals surface area contributed by atoms with E-state index in [1.807, 2.05) is 107 Å². The SMILES string of the molecule is CC1(C)OB(c2ccc3c(c2)CC[C@H](NC(=O)c2n[nH]c(Cc4ccccc4)n2)C(=O)N3)OC1(C)C.O=C(N[C@H]1CCc2cc(B(O)O)ccc2NC1=O)c1n[nH]c(Cc2ccccc2)n1. The third-order valence-corrected chi connectivity index (χ3v) is 12.1. The summed E-state index contributed by atoms with van der Waals surface area (Å²) in [4.78, 5) is 59.3. The first-order valence-corrected chi connectivity index (χ1v) is 21.7. The van der Waals surface area contributed by atoms with Crippen molar-refractivity contribution in [1.29, 1.82) is 0 Å². The van der Waals surface area contributed by atoms with Crippen molar-refractivity contribution in [3.8, 4) is 0 Å². The average Bonchev–Trinajstić information content (AvgIpc) is 3.96. The Kier molecular flexibility index (Phi) is 13.3. The molecule has 338 valence electrons. The molecule has 18 nitrogen and oxygen atoms in total. The zero-order valence-corrected chi connectivity index (χ0v) is 36.9. The van der Waals surface area contributed by atoms with Gasteiger partial charge in [0.15, 0.2) is 0 Å². The van der Waals surface area contributed by atoms with E-state index in [1.165, 1.54) is 6.07 Å². The van der Waals surface area contributed by atoms with Gasteiger partial charge in [0.05, 0.1) is 11.2 Å². The lowest BCUT2D eigenvalue weighted by Gasteiger charge is -2.32. The summed E-state index contributed by atoms with van der Waals surface area (Å²) in [7, 11) is -2.06. The maximum atomic E-state index is 12.9. The molecule has 0 radical (unpaired) electrons. The minimum absolute atomic E-state index is 0.0125. The number of fused-ring (bicyclic) bond motifs is 2. The highest BCUT2D eigenvalue weighted by molar-refractivity contribution is 6.62. The van der Waals surface area contributed by atoms with Crippen LogP contribution in [0.15, 0.2) is 97.1 Å². The van der Waals surface area contributed by atoms with E-state index in [9.17, 15) is 29.2 Å². The van der Waals surface area contributed by atoms with Gasteiger partial charge in [-0.05, 0) is 98.7 Å². The Morgan fingerprint density at radius 1 is 0.682 bits per heavy atom. The van der Waals surface area contributed by atoms with Gasteiger partial charge in [-0.25, -0.2) is 9.97 Å². The lowest BCUT2D eigenvalue weighted by molar-refractivity contribution is -0.118. The highest BCUT2D eigenvalue weighted by atomic mass is 16.7. The number of hydrogen-bond donors (Lipinski definition) is 8. The summed E-state index contributed by atoms with van der Waals surface area (Å²) in [6, 6.07) is 28.6. The molecule has 2 atom stereocenters. The Morgan fingerprint density at radius 3 is 1.61 bits per heavy atom. The number of anilines is 2. The van der Waals surface area contributed by atoms with Crippen LogP contribution in [-0.4, -0.2) is 102 Å². The van der Waals surface area contributed by atoms with Crippen molar-refractivity contribution in [3.05, 3.63) is 143 Å². The number of H-pyrrole nitrogens is 2. The minimum Gasteiger partial charge on any atom is -0.423 e. The second-order valence-corrected chi connectivity index (χ2v) is 17.4. The van der Waals surface area contributed by atoms with E-state index in [2.05, 4.69) is 51.6 Å². The second kappa shape index (κ2) is 19.2. The van der Waals surface area contributed by atoms with Crippen LogP contribution in [-0.2, 0) is 44.6 Å². The normalized spacial score (nSPS) is 18.2. The molecule has 0 unspecified atom stereocenters. The summed E-state index contributed by atoms with van der Waals surface area (Å²) in [6.07, 6.45) is 2.92. The summed E-state index contributed by atoms with van der Waals surface area (Å²) in [5, 5.41) is 43.4. The van der Waals surface area contributed by atoms with Crippen molar-refractivity contribution >= 4 is 60.2 Å². The standard InChI is InChI=1S/C26H30BN5O4.C20H20BN5O4/c1-25(2)26(3,4)36-27(35-25)18-11-13-19-17(15-18)10-12-20(23(33)28-19)29-24(34)22-30-21(31-32-22)14-16-8-6-5-7-9-16;27-19-16(8-6-13-11-14(21(29)30)7-9-15(13)22-19)23-20(28)18-24-17(25-26-18)10-12-4-2-1-3-5-12/h5-9,11,13,15,20H,10,12,14H2,1-4H3,(H,28,33)(H,29,34)(H,30,31,32);1-5,7,9,11,16,29-30H,6,8,10H2,(H,22,27)(H,23,28)(H,24,25,26)/t20-;16-/m00/s1. The summed E-state index contributed by atoms with van der Waals surface area (Å²) in [5.74, 6) is -0.527. The van der Waals surface area contributed by atoms with Gasteiger partial charge in [-0.15, -0.1) is 10.2 Å². The Labute approximate surface area is 381 Å². The number of nitrogens with one attached hydrogen (secondary N) is 6. The number of carbonyl (C=O) groups excluding carboxylic acids is 4. The number of hydrogen-bond acceptors (Lipinski definition) is 12. The van der Waals surface area contributed by atoms with E-state index in [0.717, 1.165) is 33.4 Å². The third-order valence-electron chi connectivity index (χ3n) is 12.1. The maximum Gasteiger partial charge on any atom is 0.494 e. The fraction of sp³-hybridized carbons (Fsp3) is 0.304. The van der Waals surface area contributed by atoms with Crippen LogP contribution in [0.5, 0.6) is 0 Å². The highest BCUT2D eigenvalue weighted by Gasteiger charge is 2.51. The third kappa shape index (κ3) is 10.6. The van der Waals surface area contributed by atoms with Crippen molar-refractivity contribution in [3.63, 3.8) is 0 Å². The van der Waals surface area contributed by atoms with E-state index in [4.69, 9.17) is 9.31 Å². The number of aromatic nitrogens is 6. The smallest absolute Gasteiger partial charge is 0.423 e. The van der Waals surface area contributed by atoms with Crippen molar-refractivity contribution in [2.75, 3.05) is 10.6 Å². The first-order chi connectivity index (χ1) is 31.6. The monoisotopic (exact) mass is 892 g/mol. The molecule has 66 heavy (non-hydrogen) atoms. The molecule has 0 saturated carbocycles. The molecule has 9 rings (SSSR count). The van der Waals surface area contributed by atoms with Crippen LogP contribution in [0.25, 0.3) is 0 Å². The van der Waals surface area contributed by atoms with E-state index in [-0.39, 0.29) is 23.5 Å². The fourth-order valence-electron chi connectivity index (χ4n) is 7.72. The van der Waals surface area contributed by atoms with Gasteiger partial charge in [-0.3, -0.25) is 29.4 Å². The average molecular weight is 893 g/mol. The molecule has 8 N–H and O–H groups in total. The second-order valence-electron chi connectivity index (χ2n) is 17.4. The topological polar surface area (TPSA) is 258 Å². The molecule has 3 aliphatic rings. The van der Waals surface area contributed by atoms with E-state index < -0.39 is 49.3 Å². The van der Waals surface area contributed by atoms with Crippen LogP contribution < -0.4 is 32.2 Å². The van der Waals surface area contributed by atoms with Gasteiger partial charge < -0.3 is 40.6 Å². The zero-order valence-electron chi connectivity index (χ0n) is 36.9. The van der Waals surface area contributed by atoms with Crippen molar-refractivity contribution in [1.82, 2.24) is 41.0 Å². The Bertz CT molecular complexity index is 2710. The lowest BCUT2D eigenvalue weighted by Crippen LogP contribution is -2.43. The molecule has 3 aliphatic heterocycles. The highest BCUT2D eigenvalue weighted by Crippen LogP contribution is 2.37. The Hall–Kier alpha value is -6.99. The molecule has 5 heterocycles. The molecule has 2 aromatic heterocycles. The number of benzene rings is 4. The number of carbonyl (C=O) groups is 4. The summed E-state index contributed by atoms with van der Waals surface area (Å²) < 4.78 is 12.3. The van der Waals surface area contributed by atoms with Gasteiger partial charge in [-0.2, -0.15) is 0 Å². The van der Waals surface area contributed by atoms with Gasteiger partial charge in [0, 0.05) is 24.2 Å². The van der Waals surface area contributed by atoms with Crippen molar-refractivity contribution < 1.29 is 38.5 Å². The molecule has 4 aromatic carbocycles. The maximum absolute atomic E-state index is 12.9. The Balaban J connectivity index is 0.000000182. The molecule has 0 aliphatic carbocycles. The summed E-state index contributed by atoms with van der Waals surface area (Å²) in [6.45, 7) is 8.07. The Morgan fingerprint density at radius 2 is 1.14 bits per heavy atom. The number of aromatic amines is 2.